The normalized spacial score (nSPS) is 27.7. The van der Waals surface area contributed by atoms with Gasteiger partial charge in [-0.3, -0.25) is 9.52 Å². The summed E-state index contributed by atoms with van der Waals surface area (Å²) in [6.45, 7) is 0.234. The first-order valence-electron chi connectivity index (χ1n) is 12.5. The molecule has 2 saturated carbocycles. The predicted molar refractivity (Wildman–Crippen MR) is 139 cm³/mol. The fourth-order valence-corrected chi connectivity index (χ4v) is 8.86. The van der Waals surface area contributed by atoms with E-state index in [9.17, 15) is 31.1 Å². The number of carbonyl (C=O) groups excluding carboxylic acids is 1. The van der Waals surface area contributed by atoms with Crippen molar-refractivity contribution in [3.63, 3.8) is 0 Å². The molecule has 2 aromatic rings. The Balaban J connectivity index is 1.41. The van der Waals surface area contributed by atoms with Crippen LogP contribution in [0.15, 0.2) is 69.7 Å². The van der Waals surface area contributed by atoms with Crippen molar-refractivity contribution < 1.29 is 31.1 Å². The van der Waals surface area contributed by atoms with Gasteiger partial charge in [0.15, 0.2) is 9.84 Å². The maximum atomic E-state index is 14.0. The molecule has 0 saturated heterocycles. The van der Waals surface area contributed by atoms with E-state index in [4.69, 9.17) is 0 Å². The molecular weight excluding hydrogens is 531 g/mol. The number of sulfone groups is 1. The van der Waals surface area contributed by atoms with Gasteiger partial charge in [0.2, 0.25) is 10.0 Å². The van der Waals surface area contributed by atoms with Gasteiger partial charge in [-0.15, -0.1) is 0 Å². The van der Waals surface area contributed by atoms with E-state index in [0.717, 1.165) is 36.5 Å². The van der Waals surface area contributed by atoms with Crippen LogP contribution in [0.25, 0.3) is 0 Å². The topological polar surface area (TPSA) is 121 Å². The van der Waals surface area contributed by atoms with E-state index in [2.05, 4.69) is 4.72 Å². The van der Waals surface area contributed by atoms with Crippen LogP contribution in [0.2, 0.25) is 0 Å². The van der Waals surface area contributed by atoms with E-state index in [1.165, 1.54) is 30.3 Å². The van der Waals surface area contributed by atoms with Crippen molar-refractivity contribution in [1.82, 2.24) is 4.90 Å². The molecular formula is C27H27FN2O6S2. The van der Waals surface area contributed by atoms with E-state index in [0.29, 0.717) is 5.56 Å². The zero-order valence-corrected chi connectivity index (χ0v) is 22.2. The van der Waals surface area contributed by atoms with Gasteiger partial charge in [0.1, 0.15) is 11.6 Å². The molecule has 0 aromatic heterocycles. The van der Waals surface area contributed by atoms with Crippen molar-refractivity contribution in [1.29, 1.82) is 0 Å². The minimum Gasteiger partial charge on any atom is -0.511 e. The van der Waals surface area contributed by atoms with E-state index in [1.54, 1.807) is 17.0 Å². The molecule has 38 heavy (non-hydrogen) atoms. The molecule has 4 aliphatic rings. The number of hydrogen-bond donors (Lipinski definition) is 2. The summed E-state index contributed by atoms with van der Waals surface area (Å²) in [6, 6.07) is 10.0. The highest BCUT2D eigenvalue weighted by Gasteiger charge is 2.56. The Kier molecular flexibility index (Phi) is 5.73. The number of aliphatic hydroxyl groups excluding tert-OH is 1. The molecule has 0 radical (unpaired) electrons. The van der Waals surface area contributed by atoms with Gasteiger partial charge in [0.25, 0.3) is 5.91 Å². The molecule has 0 unspecified atom stereocenters. The molecule has 2 heterocycles. The molecule has 200 valence electrons. The molecule has 2 bridgehead atoms. The zero-order valence-electron chi connectivity index (χ0n) is 20.6. The molecule has 2 N–H and O–H groups in total. The quantitative estimate of drug-likeness (QED) is 0.578. The van der Waals surface area contributed by atoms with Gasteiger partial charge in [-0.05, 0) is 72.1 Å². The van der Waals surface area contributed by atoms with Crippen LogP contribution >= 0.6 is 0 Å². The van der Waals surface area contributed by atoms with E-state index in [1.807, 2.05) is 0 Å². The minimum absolute atomic E-state index is 0.0217. The largest absolute Gasteiger partial charge is 0.511 e. The Morgan fingerprint density at radius 3 is 2.53 bits per heavy atom. The number of fused-ring (bicyclic) bond motifs is 6. The van der Waals surface area contributed by atoms with Gasteiger partial charge in [-0.25, -0.2) is 21.2 Å². The van der Waals surface area contributed by atoms with Crippen molar-refractivity contribution in [2.24, 2.45) is 17.8 Å². The van der Waals surface area contributed by atoms with Crippen LogP contribution < -0.4 is 4.72 Å². The second-order valence-electron chi connectivity index (χ2n) is 10.7. The SMILES string of the molecule is CS(=O)(=O)Nc1ccc2c(c1)S(=O)(=O)C=C(C1=C(O)[C@@H]3[C@H]4CC[C@H](C4)[C@@H]3N(Cc3ccc(F)cc3)C1=O)C2. The third kappa shape index (κ3) is 4.21. The second-order valence-corrected chi connectivity index (χ2v) is 14.2. The summed E-state index contributed by atoms with van der Waals surface area (Å²) in [4.78, 5) is 15.7. The molecule has 2 fully saturated rings. The molecule has 0 spiro atoms. The average molecular weight is 559 g/mol. The van der Waals surface area contributed by atoms with Gasteiger partial charge in [-0.2, -0.15) is 0 Å². The Bertz CT molecular complexity index is 1630. The zero-order chi connectivity index (χ0) is 27.0. The number of nitrogens with zero attached hydrogens (tertiary/aromatic N) is 1. The molecule has 11 heteroatoms. The fourth-order valence-electron chi connectivity index (χ4n) is 6.80. The van der Waals surface area contributed by atoms with Crippen LogP contribution in [-0.4, -0.2) is 45.0 Å². The lowest BCUT2D eigenvalue weighted by Crippen LogP contribution is -2.52. The van der Waals surface area contributed by atoms with Crippen LogP contribution in [0.3, 0.4) is 0 Å². The molecule has 6 rings (SSSR count). The third-order valence-corrected chi connectivity index (χ3v) is 10.4. The monoisotopic (exact) mass is 558 g/mol. The summed E-state index contributed by atoms with van der Waals surface area (Å²) < 4.78 is 65.6. The maximum Gasteiger partial charge on any atom is 0.258 e. The third-order valence-electron chi connectivity index (χ3n) is 8.22. The smallest absolute Gasteiger partial charge is 0.258 e. The Hall–Kier alpha value is -3.18. The first-order valence-corrected chi connectivity index (χ1v) is 15.9. The molecule has 2 aliphatic heterocycles. The van der Waals surface area contributed by atoms with E-state index < -0.39 is 25.8 Å². The first kappa shape index (κ1) is 25.1. The Morgan fingerprint density at radius 2 is 1.82 bits per heavy atom. The lowest BCUT2D eigenvalue weighted by atomic mass is 9.76. The van der Waals surface area contributed by atoms with Crippen LogP contribution in [0, 0.1) is 23.6 Å². The lowest BCUT2D eigenvalue weighted by Gasteiger charge is -2.44. The summed E-state index contributed by atoms with van der Waals surface area (Å²) in [5.41, 5.74) is 1.53. The predicted octanol–water partition coefficient (Wildman–Crippen LogP) is 3.68. The van der Waals surface area contributed by atoms with Crippen molar-refractivity contribution in [3.8, 4) is 0 Å². The number of aliphatic hydroxyl groups is 1. The number of anilines is 1. The minimum atomic E-state index is -4.03. The molecule has 8 nitrogen and oxygen atoms in total. The van der Waals surface area contributed by atoms with Gasteiger partial charge >= 0.3 is 0 Å². The van der Waals surface area contributed by atoms with Crippen LogP contribution in [0.1, 0.15) is 30.4 Å². The van der Waals surface area contributed by atoms with Crippen molar-refractivity contribution in [3.05, 3.63) is 81.7 Å². The second kappa shape index (κ2) is 8.67. The van der Waals surface area contributed by atoms with Crippen LogP contribution in [0.5, 0.6) is 0 Å². The van der Waals surface area contributed by atoms with Gasteiger partial charge < -0.3 is 10.0 Å². The molecule has 2 aliphatic carbocycles. The number of carbonyl (C=O) groups is 1. The summed E-state index contributed by atoms with van der Waals surface area (Å²) in [5, 5.41) is 12.5. The van der Waals surface area contributed by atoms with Crippen LogP contribution in [0.4, 0.5) is 10.1 Å². The average Bonchev–Trinajstić information content (AvgIpc) is 3.45. The summed E-state index contributed by atoms with van der Waals surface area (Å²) >= 11 is 0. The number of benzene rings is 2. The summed E-state index contributed by atoms with van der Waals surface area (Å²) in [7, 11) is -7.64. The summed E-state index contributed by atoms with van der Waals surface area (Å²) in [5.74, 6) is -0.650. The highest BCUT2D eigenvalue weighted by molar-refractivity contribution is 7.94. The van der Waals surface area contributed by atoms with Crippen molar-refractivity contribution in [2.45, 2.75) is 43.2 Å². The van der Waals surface area contributed by atoms with E-state index in [-0.39, 0.29) is 70.1 Å². The number of nitrogens with one attached hydrogen (secondary N) is 1. The first-order chi connectivity index (χ1) is 17.9. The van der Waals surface area contributed by atoms with Crippen LogP contribution in [-0.2, 0) is 37.6 Å². The highest BCUT2D eigenvalue weighted by Crippen LogP contribution is 2.56. The summed E-state index contributed by atoms with van der Waals surface area (Å²) in [6.07, 6.45) is 3.88. The number of halogens is 1. The van der Waals surface area contributed by atoms with Gasteiger partial charge in [-0.1, -0.05) is 18.2 Å². The molecule has 1 amide bonds. The maximum absolute atomic E-state index is 14.0. The Morgan fingerprint density at radius 1 is 1.11 bits per heavy atom. The fraction of sp³-hybridized carbons (Fsp3) is 0.370. The molecule has 2 aromatic carbocycles. The van der Waals surface area contributed by atoms with E-state index >= 15 is 0 Å². The number of sulfonamides is 1. The van der Waals surface area contributed by atoms with Crippen molar-refractivity contribution >= 4 is 31.5 Å². The Labute approximate surface area is 220 Å². The lowest BCUT2D eigenvalue weighted by molar-refractivity contribution is -0.134. The van der Waals surface area contributed by atoms with Gasteiger partial charge in [0.05, 0.1) is 16.7 Å². The van der Waals surface area contributed by atoms with Crippen molar-refractivity contribution in [2.75, 3.05) is 11.0 Å². The molecule has 4 atom stereocenters. The standard InChI is InChI=1S/C27H27FN2O6S2/c1-37(33,34)29-21-9-6-16-10-19(14-38(35,36)22(16)12-21)24-26(31)23-17-4-5-18(11-17)25(23)30(27(24)32)13-15-2-7-20(28)8-3-15/h2-3,6-9,12,14,17-18,23,25,29,31H,4-5,10-11,13H2,1H3/t17-,18+,23+,25-/m0/s1. The number of rotatable bonds is 5. The highest BCUT2D eigenvalue weighted by atomic mass is 32.2. The van der Waals surface area contributed by atoms with Gasteiger partial charge in [0, 0.05) is 36.0 Å². The number of amides is 1. The number of hydrogen-bond acceptors (Lipinski definition) is 6.